The molecule has 0 saturated heterocycles. The van der Waals surface area contributed by atoms with Crippen molar-refractivity contribution in [2.24, 2.45) is 0 Å². The van der Waals surface area contributed by atoms with E-state index < -0.39 is 41.6 Å². The number of benzene rings is 1. The van der Waals surface area contributed by atoms with Crippen LogP contribution in [0, 0.1) is 11.6 Å². The van der Waals surface area contributed by atoms with Gasteiger partial charge in [-0.1, -0.05) is 27.2 Å². The van der Waals surface area contributed by atoms with Crippen molar-refractivity contribution in [1.82, 2.24) is 10.3 Å². The van der Waals surface area contributed by atoms with Gasteiger partial charge in [-0.2, -0.15) is 0 Å². The molecule has 1 heterocycles. The molecule has 8 nitrogen and oxygen atoms in total. The largest absolute Gasteiger partial charge is 0.476 e. The summed E-state index contributed by atoms with van der Waals surface area (Å²) in [4.78, 5) is 40.8. The summed E-state index contributed by atoms with van der Waals surface area (Å²) in [5, 5.41) is 24.3. The third-order valence-electron chi connectivity index (χ3n) is 4.27. The summed E-state index contributed by atoms with van der Waals surface area (Å²) in [7, 11) is 0. The van der Waals surface area contributed by atoms with Crippen molar-refractivity contribution in [1.29, 1.82) is 0 Å². The number of rotatable bonds is 9. The Labute approximate surface area is 181 Å². The van der Waals surface area contributed by atoms with Crippen LogP contribution in [0.4, 0.5) is 13.9 Å². The fourth-order valence-electron chi connectivity index (χ4n) is 2.81. The molecule has 1 aromatic heterocycles. The van der Waals surface area contributed by atoms with Crippen LogP contribution in [-0.4, -0.2) is 39.0 Å². The Hall–Kier alpha value is -2.92. The number of carboxylic acids is 1. The molecule has 2 rings (SSSR count). The van der Waals surface area contributed by atoms with Crippen LogP contribution in [0.3, 0.4) is 0 Å². The average molecular weight is 455 g/mol. The van der Waals surface area contributed by atoms with E-state index in [0.29, 0.717) is 17.4 Å². The van der Waals surface area contributed by atoms with Crippen LogP contribution >= 0.6 is 11.3 Å². The zero-order valence-electron chi connectivity index (χ0n) is 17.1. The minimum absolute atomic E-state index is 0.0641. The van der Waals surface area contributed by atoms with E-state index in [1.807, 2.05) is 0 Å². The van der Waals surface area contributed by atoms with Gasteiger partial charge >= 0.3 is 5.97 Å². The number of carbonyl (C=O) groups is 3. The highest BCUT2D eigenvalue weighted by atomic mass is 32.1. The first-order valence-electron chi connectivity index (χ1n) is 9.52. The van der Waals surface area contributed by atoms with Crippen molar-refractivity contribution in [3.63, 3.8) is 0 Å². The molecule has 4 N–H and O–H groups in total. The van der Waals surface area contributed by atoms with Crippen LogP contribution in [-0.2, 0) is 9.59 Å². The highest BCUT2D eigenvalue weighted by Crippen LogP contribution is 2.30. The summed E-state index contributed by atoms with van der Waals surface area (Å²) < 4.78 is 26.7. The van der Waals surface area contributed by atoms with Crippen LogP contribution in [0.25, 0.3) is 0 Å². The number of thiazole rings is 1. The molecule has 168 valence electrons. The first-order valence-corrected chi connectivity index (χ1v) is 10.3. The van der Waals surface area contributed by atoms with Gasteiger partial charge in [-0.05, 0) is 30.0 Å². The van der Waals surface area contributed by atoms with E-state index >= 15 is 0 Å². The molecular formula is C20H23F2N3O5S. The number of nitrogens with one attached hydrogen (secondary N) is 2. The molecule has 0 bridgehead atoms. The highest BCUT2D eigenvalue weighted by molar-refractivity contribution is 7.16. The molecular weight excluding hydrogens is 432 g/mol. The molecule has 0 spiro atoms. The molecule has 0 aliphatic carbocycles. The SMILES string of the molecule is CCC[C@H](NC(=O)C(O)c1cc(F)cc(F)c1)C(=O)Nc1nc(C(=O)O)c(C(C)C)s1. The Kier molecular flexibility index (Phi) is 8.17. The minimum Gasteiger partial charge on any atom is -0.476 e. The van der Waals surface area contributed by atoms with Gasteiger partial charge in [0.25, 0.3) is 5.91 Å². The molecule has 0 fully saturated rings. The molecule has 2 aromatic rings. The van der Waals surface area contributed by atoms with Crippen LogP contribution in [0.1, 0.15) is 66.6 Å². The Balaban J connectivity index is 2.16. The van der Waals surface area contributed by atoms with Crippen molar-refractivity contribution >= 4 is 34.3 Å². The Morgan fingerprint density at radius 2 is 1.74 bits per heavy atom. The van der Waals surface area contributed by atoms with Crippen molar-refractivity contribution in [2.45, 2.75) is 51.7 Å². The van der Waals surface area contributed by atoms with Crippen molar-refractivity contribution in [3.05, 3.63) is 46.0 Å². The number of hydrogen-bond donors (Lipinski definition) is 4. The first-order chi connectivity index (χ1) is 14.5. The summed E-state index contributed by atoms with van der Waals surface area (Å²) in [5.41, 5.74) is -0.451. The van der Waals surface area contributed by atoms with Crippen LogP contribution < -0.4 is 10.6 Å². The summed E-state index contributed by atoms with van der Waals surface area (Å²) in [6.07, 6.45) is -1.18. The summed E-state index contributed by atoms with van der Waals surface area (Å²) in [6, 6.07) is 1.16. The predicted octanol–water partition coefficient (Wildman–Crippen LogP) is 3.20. The topological polar surface area (TPSA) is 129 Å². The Morgan fingerprint density at radius 1 is 1.13 bits per heavy atom. The van der Waals surface area contributed by atoms with Crippen LogP contribution in [0.5, 0.6) is 0 Å². The maximum Gasteiger partial charge on any atom is 0.355 e. The van der Waals surface area contributed by atoms with E-state index in [4.69, 9.17) is 0 Å². The third kappa shape index (κ3) is 6.28. The number of halogens is 2. The van der Waals surface area contributed by atoms with Gasteiger partial charge in [0, 0.05) is 10.9 Å². The number of carbonyl (C=O) groups excluding carboxylic acids is 2. The maximum atomic E-state index is 13.4. The van der Waals surface area contributed by atoms with Gasteiger partial charge in [0.2, 0.25) is 5.91 Å². The highest BCUT2D eigenvalue weighted by Gasteiger charge is 2.27. The summed E-state index contributed by atoms with van der Waals surface area (Å²) >= 11 is 1.02. The second-order valence-corrected chi connectivity index (χ2v) is 8.17. The van der Waals surface area contributed by atoms with Gasteiger partial charge in [-0.3, -0.25) is 9.59 Å². The molecule has 0 radical (unpaired) electrons. The van der Waals surface area contributed by atoms with Gasteiger partial charge < -0.3 is 20.8 Å². The number of nitrogens with zero attached hydrogens (tertiary/aromatic N) is 1. The van der Waals surface area contributed by atoms with Crippen molar-refractivity contribution in [2.75, 3.05) is 5.32 Å². The lowest BCUT2D eigenvalue weighted by molar-refractivity contribution is -0.133. The molecule has 31 heavy (non-hydrogen) atoms. The van der Waals surface area contributed by atoms with Gasteiger partial charge in [-0.25, -0.2) is 18.6 Å². The normalized spacial score (nSPS) is 13.0. The molecule has 2 amide bonds. The number of anilines is 1. The predicted molar refractivity (Wildman–Crippen MR) is 110 cm³/mol. The van der Waals surface area contributed by atoms with E-state index in [1.54, 1.807) is 20.8 Å². The Morgan fingerprint density at radius 3 is 2.23 bits per heavy atom. The number of aliphatic hydroxyl groups excluding tert-OH is 1. The molecule has 11 heteroatoms. The van der Waals surface area contributed by atoms with E-state index in [0.717, 1.165) is 23.5 Å². The van der Waals surface area contributed by atoms with E-state index in [1.165, 1.54) is 0 Å². The molecule has 0 aliphatic heterocycles. The lowest BCUT2D eigenvalue weighted by Crippen LogP contribution is -2.45. The quantitative estimate of drug-likeness (QED) is 0.460. The molecule has 0 saturated carbocycles. The average Bonchev–Trinajstić information content (AvgIpc) is 3.10. The smallest absolute Gasteiger partial charge is 0.355 e. The van der Waals surface area contributed by atoms with Gasteiger partial charge in [0.05, 0.1) is 0 Å². The maximum absolute atomic E-state index is 13.4. The van der Waals surface area contributed by atoms with Gasteiger partial charge in [0.1, 0.15) is 17.7 Å². The fourth-order valence-corrected chi connectivity index (χ4v) is 3.78. The number of aromatic nitrogens is 1. The number of carboxylic acid groups (broad SMARTS) is 1. The Bertz CT molecular complexity index is 959. The molecule has 1 unspecified atom stereocenters. The summed E-state index contributed by atoms with van der Waals surface area (Å²) in [5.74, 6) is -4.92. The van der Waals surface area contributed by atoms with Crippen LogP contribution in [0.2, 0.25) is 0 Å². The van der Waals surface area contributed by atoms with E-state index in [2.05, 4.69) is 15.6 Å². The lowest BCUT2D eigenvalue weighted by atomic mass is 10.1. The molecule has 2 atom stereocenters. The standard InChI is InChI=1S/C20H23F2N3O5S/c1-4-5-13(23-18(28)15(26)10-6-11(21)8-12(22)7-10)17(27)25-20-24-14(19(29)30)16(31-20)9(2)3/h6-9,13,15,26H,4-5H2,1-3H3,(H,23,28)(H,29,30)(H,24,25,27)/t13-,15?/m0/s1. The summed E-state index contributed by atoms with van der Waals surface area (Å²) in [6.45, 7) is 5.36. The number of aromatic carboxylic acids is 1. The zero-order valence-corrected chi connectivity index (χ0v) is 17.9. The van der Waals surface area contributed by atoms with Crippen molar-refractivity contribution < 1.29 is 33.4 Å². The number of aliphatic hydroxyl groups is 1. The van der Waals surface area contributed by atoms with E-state index in [-0.39, 0.29) is 28.7 Å². The van der Waals surface area contributed by atoms with E-state index in [9.17, 15) is 33.4 Å². The van der Waals surface area contributed by atoms with Crippen molar-refractivity contribution in [3.8, 4) is 0 Å². The fraction of sp³-hybridized carbons (Fsp3) is 0.400. The zero-order chi connectivity index (χ0) is 23.3. The second kappa shape index (κ2) is 10.4. The third-order valence-corrected chi connectivity index (χ3v) is 5.54. The van der Waals surface area contributed by atoms with Crippen LogP contribution in [0.15, 0.2) is 18.2 Å². The molecule has 1 aromatic carbocycles. The monoisotopic (exact) mass is 455 g/mol. The molecule has 0 aliphatic rings. The van der Waals surface area contributed by atoms with Gasteiger partial charge in [-0.15, -0.1) is 11.3 Å². The van der Waals surface area contributed by atoms with Gasteiger partial charge in [0.15, 0.2) is 16.9 Å². The number of hydrogen-bond acceptors (Lipinski definition) is 6. The second-order valence-electron chi connectivity index (χ2n) is 7.14. The minimum atomic E-state index is -1.89. The first kappa shape index (κ1) is 24.4. The lowest BCUT2D eigenvalue weighted by Gasteiger charge is -2.19. The number of amides is 2.